The molecule has 3 N–H and O–H groups in total. The highest BCUT2D eigenvalue weighted by molar-refractivity contribution is 5.76. The third kappa shape index (κ3) is 4.26. The van der Waals surface area contributed by atoms with Crippen LogP contribution in [0.4, 0.5) is 5.95 Å². The van der Waals surface area contributed by atoms with Gasteiger partial charge in [0.1, 0.15) is 0 Å². The zero-order valence-corrected chi connectivity index (χ0v) is 13.6. The van der Waals surface area contributed by atoms with E-state index in [9.17, 15) is 4.79 Å². The first-order valence-corrected chi connectivity index (χ1v) is 8.21. The van der Waals surface area contributed by atoms with Crippen LogP contribution in [0.1, 0.15) is 12.8 Å². The second kappa shape index (κ2) is 7.83. The van der Waals surface area contributed by atoms with Crippen LogP contribution in [-0.4, -0.2) is 51.9 Å². The fraction of sp³-hybridized carbons (Fsp3) is 0.412. The number of rotatable bonds is 6. The summed E-state index contributed by atoms with van der Waals surface area (Å²) in [6, 6.07) is 5.72. The Bertz CT molecular complexity index is 678. The number of likely N-dealkylation sites (tertiary alicyclic amines) is 1. The van der Waals surface area contributed by atoms with Crippen molar-refractivity contribution < 1.29 is 4.79 Å². The fourth-order valence-electron chi connectivity index (χ4n) is 2.94. The van der Waals surface area contributed by atoms with Crippen molar-refractivity contribution in [2.75, 3.05) is 31.5 Å². The maximum absolute atomic E-state index is 11.3. The Morgan fingerprint density at radius 1 is 1.38 bits per heavy atom. The fourth-order valence-corrected chi connectivity index (χ4v) is 2.94. The van der Waals surface area contributed by atoms with E-state index in [0.29, 0.717) is 5.95 Å². The van der Waals surface area contributed by atoms with E-state index in [1.807, 2.05) is 18.2 Å². The topological polar surface area (TPSA) is 97.0 Å². The summed E-state index contributed by atoms with van der Waals surface area (Å²) in [7, 11) is 0. The number of primary amides is 1. The number of hydrogen-bond acceptors (Lipinski definition) is 6. The molecule has 2 aromatic rings. The maximum atomic E-state index is 11.3. The summed E-state index contributed by atoms with van der Waals surface area (Å²) in [6.07, 6.45) is 7.17. The van der Waals surface area contributed by atoms with Gasteiger partial charge < -0.3 is 16.0 Å². The Morgan fingerprint density at radius 3 is 3.08 bits per heavy atom. The molecule has 1 fully saturated rings. The summed E-state index contributed by atoms with van der Waals surface area (Å²) in [5.41, 5.74) is 7.22. The molecule has 1 atom stereocenters. The van der Waals surface area contributed by atoms with Crippen molar-refractivity contribution in [3.63, 3.8) is 0 Å². The number of pyridine rings is 1. The Labute approximate surface area is 141 Å². The number of carbonyl (C=O) groups is 1. The summed E-state index contributed by atoms with van der Waals surface area (Å²) >= 11 is 0. The van der Waals surface area contributed by atoms with Crippen LogP contribution in [0.15, 0.2) is 36.8 Å². The third-order valence-electron chi connectivity index (χ3n) is 4.23. The number of piperidine rings is 1. The number of nitrogens with two attached hydrogens (primary N) is 1. The molecule has 24 heavy (non-hydrogen) atoms. The van der Waals surface area contributed by atoms with E-state index in [-0.39, 0.29) is 11.8 Å². The second-order valence-electron chi connectivity index (χ2n) is 5.98. The first kappa shape index (κ1) is 16.3. The van der Waals surface area contributed by atoms with Crippen LogP contribution >= 0.6 is 0 Å². The van der Waals surface area contributed by atoms with Crippen molar-refractivity contribution >= 4 is 11.9 Å². The smallest absolute Gasteiger partial charge is 0.223 e. The number of aromatic nitrogens is 3. The highest BCUT2D eigenvalue weighted by Gasteiger charge is 2.23. The standard InChI is InChI=1S/C17H22N6O/c18-16(24)14-4-2-9-23(12-14)10-8-21-17-20-7-5-15(22-17)13-3-1-6-19-11-13/h1,3,5-7,11,14H,2,4,8-10,12H2,(H2,18,24)(H,20,21,22)/t14-/m1/s1. The highest BCUT2D eigenvalue weighted by atomic mass is 16.1. The lowest BCUT2D eigenvalue weighted by Crippen LogP contribution is -2.42. The molecule has 0 aliphatic carbocycles. The molecular weight excluding hydrogens is 304 g/mol. The normalized spacial score (nSPS) is 18.2. The van der Waals surface area contributed by atoms with Gasteiger partial charge in [0.05, 0.1) is 11.6 Å². The Hall–Kier alpha value is -2.54. The molecule has 0 bridgehead atoms. The largest absolute Gasteiger partial charge is 0.369 e. The number of anilines is 1. The van der Waals surface area contributed by atoms with Crippen LogP contribution in [-0.2, 0) is 4.79 Å². The predicted molar refractivity (Wildman–Crippen MR) is 92.1 cm³/mol. The first-order valence-electron chi connectivity index (χ1n) is 8.21. The molecular formula is C17H22N6O. The molecule has 1 amide bonds. The minimum atomic E-state index is -0.194. The van der Waals surface area contributed by atoms with E-state index in [0.717, 1.165) is 50.3 Å². The Kier molecular flexibility index (Phi) is 5.32. The molecule has 3 heterocycles. The molecule has 1 aliphatic heterocycles. The summed E-state index contributed by atoms with van der Waals surface area (Å²) in [4.78, 5) is 26.5. The molecule has 0 radical (unpaired) electrons. The zero-order chi connectivity index (χ0) is 16.8. The van der Waals surface area contributed by atoms with Gasteiger partial charge in [-0.05, 0) is 37.6 Å². The van der Waals surface area contributed by atoms with Crippen LogP contribution < -0.4 is 11.1 Å². The minimum absolute atomic E-state index is 0.0242. The number of nitrogens with one attached hydrogen (secondary N) is 1. The van der Waals surface area contributed by atoms with Crippen molar-refractivity contribution in [1.29, 1.82) is 0 Å². The lowest BCUT2D eigenvalue weighted by atomic mass is 9.97. The van der Waals surface area contributed by atoms with Crippen molar-refractivity contribution in [2.45, 2.75) is 12.8 Å². The van der Waals surface area contributed by atoms with Crippen molar-refractivity contribution in [2.24, 2.45) is 11.7 Å². The molecule has 0 aromatic carbocycles. The van der Waals surface area contributed by atoms with Crippen molar-refractivity contribution in [1.82, 2.24) is 19.9 Å². The monoisotopic (exact) mass is 326 g/mol. The molecule has 126 valence electrons. The number of carbonyl (C=O) groups excluding carboxylic acids is 1. The van der Waals surface area contributed by atoms with E-state index < -0.39 is 0 Å². The molecule has 7 heteroatoms. The number of amides is 1. The van der Waals surface area contributed by atoms with Gasteiger partial charge in [-0.1, -0.05) is 0 Å². The minimum Gasteiger partial charge on any atom is -0.369 e. The van der Waals surface area contributed by atoms with E-state index in [2.05, 4.69) is 25.2 Å². The van der Waals surface area contributed by atoms with E-state index >= 15 is 0 Å². The summed E-state index contributed by atoms with van der Waals surface area (Å²) in [5.74, 6) is 0.379. The van der Waals surface area contributed by atoms with Gasteiger partial charge in [0.25, 0.3) is 0 Å². The molecule has 0 unspecified atom stereocenters. The lowest BCUT2D eigenvalue weighted by molar-refractivity contribution is -0.123. The van der Waals surface area contributed by atoms with Crippen LogP contribution in [0, 0.1) is 5.92 Å². The molecule has 1 saturated heterocycles. The van der Waals surface area contributed by atoms with Crippen LogP contribution in [0.2, 0.25) is 0 Å². The maximum Gasteiger partial charge on any atom is 0.223 e. The van der Waals surface area contributed by atoms with Crippen LogP contribution in [0.3, 0.4) is 0 Å². The summed E-state index contributed by atoms with van der Waals surface area (Å²) < 4.78 is 0. The highest BCUT2D eigenvalue weighted by Crippen LogP contribution is 2.17. The molecule has 3 rings (SSSR count). The van der Waals surface area contributed by atoms with Gasteiger partial charge in [-0.25, -0.2) is 9.97 Å². The van der Waals surface area contributed by atoms with Gasteiger partial charge >= 0.3 is 0 Å². The van der Waals surface area contributed by atoms with Gasteiger partial charge in [-0.3, -0.25) is 9.78 Å². The van der Waals surface area contributed by atoms with Crippen molar-refractivity contribution in [3.05, 3.63) is 36.8 Å². The average Bonchev–Trinajstić information content (AvgIpc) is 2.63. The Morgan fingerprint density at radius 2 is 2.29 bits per heavy atom. The lowest BCUT2D eigenvalue weighted by Gasteiger charge is -2.31. The molecule has 0 saturated carbocycles. The van der Waals surface area contributed by atoms with E-state index in [1.54, 1.807) is 18.6 Å². The van der Waals surface area contributed by atoms with Crippen LogP contribution in [0.25, 0.3) is 11.3 Å². The van der Waals surface area contributed by atoms with Gasteiger partial charge in [0.2, 0.25) is 11.9 Å². The van der Waals surface area contributed by atoms with Crippen LogP contribution in [0.5, 0.6) is 0 Å². The number of hydrogen-bond donors (Lipinski definition) is 2. The molecule has 7 nitrogen and oxygen atoms in total. The van der Waals surface area contributed by atoms with Gasteiger partial charge in [0, 0.05) is 43.8 Å². The van der Waals surface area contributed by atoms with Gasteiger partial charge in [-0.2, -0.15) is 0 Å². The molecule has 0 spiro atoms. The summed E-state index contributed by atoms with van der Waals surface area (Å²) in [6.45, 7) is 3.31. The quantitative estimate of drug-likeness (QED) is 0.826. The van der Waals surface area contributed by atoms with Gasteiger partial charge in [-0.15, -0.1) is 0 Å². The average molecular weight is 326 g/mol. The predicted octanol–water partition coefficient (Wildman–Crippen LogP) is 1.15. The summed E-state index contributed by atoms with van der Waals surface area (Å²) in [5, 5.41) is 3.25. The Balaban J connectivity index is 1.53. The van der Waals surface area contributed by atoms with E-state index in [4.69, 9.17) is 5.73 Å². The molecule has 2 aromatic heterocycles. The van der Waals surface area contributed by atoms with Gasteiger partial charge in [0.15, 0.2) is 0 Å². The second-order valence-corrected chi connectivity index (χ2v) is 5.98. The SMILES string of the molecule is NC(=O)[C@@H]1CCCN(CCNc2nccc(-c3cccnc3)n2)C1. The van der Waals surface area contributed by atoms with E-state index in [1.165, 1.54) is 0 Å². The zero-order valence-electron chi connectivity index (χ0n) is 13.6. The molecule has 1 aliphatic rings. The third-order valence-corrected chi connectivity index (χ3v) is 4.23. The number of nitrogens with zero attached hydrogens (tertiary/aromatic N) is 4. The van der Waals surface area contributed by atoms with Crippen molar-refractivity contribution in [3.8, 4) is 11.3 Å². The first-order chi connectivity index (χ1) is 11.7.